The second-order valence-electron chi connectivity index (χ2n) is 7.51. The molecule has 0 aliphatic rings. The number of aromatic nitrogens is 3. The number of halogens is 5. The van der Waals surface area contributed by atoms with Crippen LogP contribution >= 0.6 is 11.8 Å². The van der Waals surface area contributed by atoms with Crippen molar-refractivity contribution in [3.05, 3.63) is 42.4 Å². The lowest BCUT2D eigenvalue weighted by Crippen LogP contribution is -2.40. The Labute approximate surface area is 180 Å². The van der Waals surface area contributed by atoms with Crippen LogP contribution in [0.4, 0.5) is 22.0 Å². The molecular weight excluding hydrogens is 435 g/mol. The summed E-state index contributed by atoms with van der Waals surface area (Å²) in [6, 6.07) is 7.18. The van der Waals surface area contributed by atoms with Crippen LogP contribution in [0.3, 0.4) is 0 Å². The number of thioether (sulfide) groups is 1. The molecule has 0 radical (unpaired) electrons. The molecule has 3 aromatic rings. The topological polar surface area (TPSA) is 54.5 Å². The van der Waals surface area contributed by atoms with E-state index >= 15 is 0 Å². The minimum Gasteiger partial charge on any atom is -0.340 e. The Morgan fingerprint density at radius 3 is 2.42 bits per heavy atom. The molecule has 0 N–H and O–H groups in total. The van der Waals surface area contributed by atoms with E-state index in [1.807, 2.05) is 13.0 Å². The predicted octanol–water partition coefficient (Wildman–Crippen LogP) is 6.21. The largest absolute Gasteiger partial charge is 0.455 e. The molecule has 3 heterocycles. The summed E-state index contributed by atoms with van der Waals surface area (Å²) >= 11 is 1.52. The average molecular weight is 454 g/mol. The van der Waals surface area contributed by atoms with Crippen LogP contribution in [-0.4, -0.2) is 32.4 Å². The van der Waals surface area contributed by atoms with Crippen molar-refractivity contribution in [2.75, 3.05) is 5.75 Å². The number of fused-ring (bicyclic) bond motifs is 1. The normalized spacial score (nSPS) is 12.9. The number of hydrogen-bond donors (Lipinski definition) is 0. The zero-order valence-corrected chi connectivity index (χ0v) is 17.8. The first kappa shape index (κ1) is 23.0. The van der Waals surface area contributed by atoms with Crippen molar-refractivity contribution in [2.24, 2.45) is 0 Å². The third kappa shape index (κ3) is 4.51. The van der Waals surface area contributed by atoms with E-state index in [0.717, 1.165) is 20.8 Å². The molecule has 0 unspecified atom stereocenters. The van der Waals surface area contributed by atoms with E-state index < -0.39 is 24.1 Å². The number of nitriles is 1. The summed E-state index contributed by atoms with van der Waals surface area (Å²) in [4.78, 5) is 9.55. The molecule has 0 saturated carbocycles. The summed E-state index contributed by atoms with van der Waals surface area (Å²) in [5, 5.41) is 9.85. The van der Waals surface area contributed by atoms with Crippen LogP contribution in [0, 0.1) is 11.3 Å². The van der Waals surface area contributed by atoms with Crippen LogP contribution in [0.5, 0.6) is 0 Å². The van der Waals surface area contributed by atoms with Crippen molar-refractivity contribution >= 4 is 22.7 Å². The fourth-order valence-electron chi connectivity index (χ4n) is 2.97. The van der Waals surface area contributed by atoms with Crippen LogP contribution in [0.25, 0.3) is 22.3 Å². The van der Waals surface area contributed by atoms with Gasteiger partial charge in [0.25, 0.3) is 0 Å². The molecule has 0 amide bonds. The van der Waals surface area contributed by atoms with Gasteiger partial charge in [0, 0.05) is 22.7 Å². The van der Waals surface area contributed by atoms with Gasteiger partial charge in [-0.15, -0.1) is 11.8 Å². The van der Waals surface area contributed by atoms with Crippen LogP contribution in [-0.2, 0) is 12.0 Å². The van der Waals surface area contributed by atoms with E-state index in [2.05, 4.69) is 16.0 Å². The van der Waals surface area contributed by atoms with E-state index in [9.17, 15) is 27.2 Å². The maximum atomic E-state index is 13.5. The first-order valence-corrected chi connectivity index (χ1v) is 10.3. The lowest BCUT2D eigenvalue weighted by molar-refractivity contribution is -0.286. The number of nitrogens with zero attached hydrogens (tertiary/aromatic N) is 4. The van der Waals surface area contributed by atoms with Gasteiger partial charge in [0.2, 0.25) is 0 Å². The van der Waals surface area contributed by atoms with Crippen LogP contribution < -0.4 is 0 Å². The Bertz CT molecular complexity index is 1140. The minimum atomic E-state index is -5.63. The zero-order valence-electron chi connectivity index (χ0n) is 17.0. The van der Waals surface area contributed by atoms with Gasteiger partial charge >= 0.3 is 12.1 Å². The first-order valence-electron chi connectivity index (χ1n) is 9.34. The Kier molecular flexibility index (Phi) is 6.02. The van der Waals surface area contributed by atoms with Gasteiger partial charge in [-0.3, -0.25) is 9.97 Å². The molecule has 0 bridgehead atoms. The van der Waals surface area contributed by atoms with Gasteiger partial charge in [-0.2, -0.15) is 27.2 Å². The van der Waals surface area contributed by atoms with Gasteiger partial charge in [-0.25, -0.2) is 0 Å². The van der Waals surface area contributed by atoms with Gasteiger partial charge in [-0.05, 0) is 43.4 Å². The number of alkyl halides is 5. The molecule has 10 heteroatoms. The average Bonchev–Trinajstić information content (AvgIpc) is 3.08. The van der Waals surface area contributed by atoms with Crippen molar-refractivity contribution in [1.82, 2.24) is 14.5 Å². The molecule has 164 valence electrons. The highest BCUT2D eigenvalue weighted by molar-refractivity contribution is 7.99. The monoisotopic (exact) mass is 454 g/mol. The van der Waals surface area contributed by atoms with E-state index in [-0.39, 0.29) is 5.52 Å². The van der Waals surface area contributed by atoms with Crippen LogP contribution in [0.1, 0.15) is 26.3 Å². The van der Waals surface area contributed by atoms with E-state index in [1.165, 1.54) is 30.2 Å². The molecule has 0 aliphatic carbocycles. The summed E-state index contributed by atoms with van der Waals surface area (Å²) in [7, 11) is 0. The van der Waals surface area contributed by atoms with Gasteiger partial charge in [0.15, 0.2) is 0 Å². The molecule has 0 fully saturated rings. The second-order valence-corrected chi connectivity index (χ2v) is 8.82. The van der Waals surface area contributed by atoms with E-state index in [0.29, 0.717) is 16.8 Å². The van der Waals surface area contributed by atoms with E-state index in [1.54, 1.807) is 26.1 Å². The molecule has 3 rings (SSSR count). The van der Waals surface area contributed by atoms with Gasteiger partial charge in [0.05, 0.1) is 35.4 Å². The molecular formula is C21H19F5N4S. The van der Waals surface area contributed by atoms with Crippen molar-refractivity contribution in [1.29, 1.82) is 5.26 Å². The Morgan fingerprint density at radius 2 is 1.81 bits per heavy atom. The Balaban J connectivity index is 2.02. The maximum absolute atomic E-state index is 13.5. The van der Waals surface area contributed by atoms with Crippen molar-refractivity contribution < 1.29 is 22.0 Å². The van der Waals surface area contributed by atoms with Crippen LogP contribution in [0.2, 0.25) is 0 Å². The quantitative estimate of drug-likeness (QED) is 0.328. The Morgan fingerprint density at radius 1 is 1.10 bits per heavy atom. The van der Waals surface area contributed by atoms with Crippen molar-refractivity contribution in [3.63, 3.8) is 0 Å². The smallest absolute Gasteiger partial charge is 0.340 e. The molecule has 4 nitrogen and oxygen atoms in total. The molecule has 0 spiro atoms. The molecule has 0 aliphatic heterocycles. The fraction of sp³-hybridized carbons (Fsp3) is 0.381. The lowest BCUT2D eigenvalue weighted by Gasteiger charge is -2.20. The van der Waals surface area contributed by atoms with Crippen molar-refractivity contribution in [2.45, 2.75) is 49.7 Å². The third-order valence-corrected chi connectivity index (χ3v) is 5.75. The molecule has 0 atom stereocenters. The van der Waals surface area contributed by atoms with Crippen molar-refractivity contribution in [3.8, 4) is 17.5 Å². The highest BCUT2D eigenvalue weighted by Crippen LogP contribution is 2.38. The van der Waals surface area contributed by atoms with Gasteiger partial charge in [-0.1, -0.05) is 6.92 Å². The summed E-state index contributed by atoms with van der Waals surface area (Å²) in [6.45, 7) is 4.02. The Hall–Kier alpha value is -2.67. The third-order valence-electron chi connectivity index (χ3n) is 4.84. The number of pyridine rings is 2. The predicted molar refractivity (Wildman–Crippen MR) is 109 cm³/mol. The molecule has 31 heavy (non-hydrogen) atoms. The molecule has 3 aromatic heterocycles. The van der Waals surface area contributed by atoms with E-state index in [4.69, 9.17) is 0 Å². The lowest BCUT2D eigenvalue weighted by atomic mass is 9.87. The summed E-state index contributed by atoms with van der Waals surface area (Å²) < 4.78 is 65.5. The first-order chi connectivity index (χ1) is 14.4. The standard InChI is InChI=1S/C21H19F5N4S/c1-4-31-17-8-14(19(2,3)11-27)9-29-18(17)15-7-13-5-6-30(16(13)10-28-15)12-20(22,23)21(24,25)26/h5-10H,4,12H2,1-3H3. The maximum Gasteiger partial charge on any atom is 0.455 e. The molecule has 0 aromatic carbocycles. The second kappa shape index (κ2) is 8.11. The SMILES string of the molecule is CCSc1cc(C(C)(C)C#N)cnc1-c1cc2ccn(CC(F)(F)C(F)(F)F)c2cn1. The summed E-state index contributed by atoms with van der Waals surface area (Å²) in [6.07, 6.45) is -1.58. The number of hydrogen-bond acceptors (Lipinski definition) is 4. The minimum absolute atomic E-state index is 0.166. The zero-order chi connectivity index (χ0) is 23.0. The number of rotatable bonds is 6. The molecule has 0 saturated heterocycles. The highest BCUT2D eigenvalue weighted by atomic mass is 32.2. The fourth-order valence-corrected chi connectivity index (χ4v) is 3.78. The van der Waals surface area contributed by atoms with Crippen LogP contribution in [0.15, 0.2) is 41.7 Å². The van der Waals surface area contributed by atoms with Gasteiger partial charge < -0.3 is 4.57 Å². The summed E-state index contributed by atoms with van der Waals surface area (Å²) in [5.74, 6) is -4.11. The highest BCUT2D eigenvalue weighted by Gasteiger charge is 2.57. The summed E-state index contributed by atoms with van der Waals surface area (Å²) in [5.41, 5.74) is 1.20. The van der Waals surface area contributed by atoms with Gasteiger partial charge in [0.1, 0.15) is 5.69 Å².